The molecule has 242 valence electrons. The Morgan fingerprint density at radius 2 is 1.52 bits per heavy atom. The van der Waals surface area contributed by atoms with E-state index in [2.05, 4.69) is 5.32 Å². The Morgan fingerprint density at radius 1 is 0.870 bits per heavy atom. The lowest BCUT2D eigenvalue weighted by Crippen LogP contribution is -2.54. The molecule has 0 spiro atoms. The van der Waals surface area contributed by atoms with E-state index in [4.69, 9.17) is 23.2 Å². The van der Waals surface area contributed by atoms with Crippen LogP contribution in [0.3, 0.4) is 0 Å². The molecule has 0 saturated carbocycles. The van der Waals surface area contributed by atoms with Gasteiger partial charge in [-0.1, -0.05) is 102 Å². The summed E-state index contributed by atoms with van der Waals surface area (Å²) in [5.74, 6) is -0.916. The second-order valence-corrected chi connectivity index (χ2v) is 14.1. The van der Waals surface area contributed by atoms with Gasteiger partial charge in [0, 0.05) is 29.1 Å². The van der Waals surface area contributed by atoms with Crippen molar-refractivity contribution in [3.05, 3.63) is 129 Å². The SMILES string of the molecule is CC[C@@H](C)NC(=O)[C@@H](Cc1ccccc1)N(Cc1ccccc1Cl)C(=O)CN(c1cc(Cl)ccc1C)S(=O)(=O)c1ccc(C)cc1. The Balaban J connectivity index is 1.85. The molecule has 0 aliphatic rings. The van der Waals surface area contributed by atoms with Gasteiger partial charge in [0.05, 0.1) is 10.6 Å². The first-order valence-electron chi connectivity index (χ1n) is 15.1. The molecular weight excluding hydrogens is 641 g/mol. The highest BCUT2D eigenvalue weighted by Gasteiger charge is 2.35. The van der Waals surface area contributed by atoms with Crippen molar-refractivity contribution in [2.24, 2.45) is 0 Å². The van der Waals surface area contributed by atoms with E-state index in [1.165, 1.54) is 23.1 Å². The number of carbonyl (C=O) groups excluding carboxylic acids is 2. The van der Waals surface area contributed by atoms with Crippen molar-refractivity contribution < 1.29 is 18.0 Å². The minimum Gasteiger partial charge on any atom is -0.352 e. The van der Waals surface area contributed by atoms with Crippen molar-refractivity contribution >= 4 is 50.7 Å². The number of nitrogens with one attached hydrogen (secondary N) is 1. The standard InChI is InChI=1S/C36H39Cl2N3O4S/c1-5-27(4)39-36(43)34(21-28-11-7-6-8-12-28)40(23-29-13-9-10-14-32(29)38)35(42)24-41(33-22-30(37)18-17-26(33)3)46(44,45)31-19-15-25(2)16-20-31/h6-20,22,27,34H,5,21,23-24H2,1-4H3,(H,39,43)/t27-,34-/m1/s1. The van der Waals surface area contributed by atoms with Gasteiger partial charge in [-0.25, -0.2) is 8.42 Å². The first kappa shape index (κ1) is 35.0. The van der Waals surface area contributed by atoms with Gasteiger partial charge in [-0.05, 0) is 74.2 Å². The van der Waals surface area contributed by atoms with Crippen LogP contribution in [0.2, 0.25) is 10.0 Å². The van der Waals surface area contributed by atoms with E-state index in [0.717, 1.165) is 15.4 Å². The average molecular weight is 681 g/mol. The number of hydrogen-bond donors (Lipinski definition) is 1. The third-order valence-corrected chi connectivity index (χ3v) is 10.3. The van der Waals surface area contributed by atoms with Crippen molar-refractivity contribution in [1.82, 2.24) is 10.2 Å². The second kappa shape index (κ2) is 15.6. The Kier molecular flexibility index (Phi) is 11.9. The Morgan fingerprint density at radius 3 is 2.17 bits per heavy atom. The Hall–Kier alpha value is -3.85. The molecule has 0 aliphatic carbocycles. The van der Waals surface area contributed by atoms with Crippen molar-refractivity contribution in [3.8, 4) is 0 Å². The number of benzene rings is 4. The molecule has 46 heavy (non-hydrogen) atoms. The predicted octanol–water partition coefficient (Wildman–Crippen LogP) is 7.36. The summed E-state index contributed by atoms with van der Waals surface area (Å²) in [7, 11) is -4.25. The summed E-state index contributed by atoms with van der Waals surface area (Å²) in [4.78, 5) is 30.0. The van der Waals surface area contributed by atoms with Crippen LogP contribution in [0.1, 0.15) is 42.5 Å². The van der Waals surface area contributed by atoms with E-state index in [1.807, 2.05) is 51.1 Å². The van der Waals surface area contributed by atoms with Crippen LogP contribution < -0.4 is 9.62 Å². The van der Waals surface area contributed by atoms with Gasteiger partial charge >= 0.3 is 0 Å². The zero-order valence-electron chi connectivity index (χ0n) is 26.4. The molecule has 0 aliphatic heterocycles. The number of amides is 2. The fourth-order valence-electron chi connectivity index (χ4n) is 5.01. The number of anilines is 1. The predicted molar refractivity (Wildman–Crippen MR) is 186 cm³/mol. The van der Waals surface area contributed by atoms with Crippen molar-refractivity contribution in [1.29, 1.82) is 0 Å². The number of halogens is 2. The quantitative estimate of drug-likeness (QED) is 0.160. The molecule has 0 unspecified atom stereocenters. The maximum atomic E-state index is 14.6. The zero-order valence-corrected chi connectivity index (χ0v) is 28.7. The van der Waals surface area contributed by atoms with Crippen molar-refractivity contribution in [2.45, 2.75) is 64.1 Å². The van der Waals surface area contributed by atoms with Gasteiger partial charge in [0.2, 0.25) is 11.8 Å². The van der Waals surface area contributed by atoms with E-state index in [9.17, 15) is 18.0 Å². The molecular formula is C36H39Cl2N3O4S. The third kappa shape index (κ3) is 8.69. The summed E-state index contributed by atoms with van der Waals surface area (Å²) in [5, 5.41) is 3.78. The summed E-state index contributed by atoms with van der Waals surface area (Å²) in [6, 6.07) is 26.7. The van der Waals surface area contributed by atoms with Gasteiger partial charge in [0.1, 0.15) is 12.6 Å². The van der Waals surface area contributed by atoms with Gasteiger partial charge in [-0.3, -0.25) is 13.9 Å². The summed E-state index contributed by atoms with van der Waals surface area (Å²) >= 11 is 12.9. The first-order chi connectivity index (χ1) is 21.9. The van der Waals surface area contributed by atoms with Crippen LogP contribution in [-0.2, 0) is 32.6 Å². The minimum absolute atomic E-state index is 0.0170. The third-order valence-electron chi connectivity index (χ3n) is 7.90. The topological polar surface area (TPSA) is 86.8 Å². The molecule has 1 N–H and O–H groups in total. The van der Waals surface area contributed by atoms with E-state index in [-0.39, 0.29) is 35.5 Å². The van der Waals surface area contributed by atoms with Crippen LogP contribution in [0.4, 0.5) is 5.69 Å². The summed E-state index contributed by atoms with van der Waals surface area (Å²) in [6.07, 6.45) is 0.902. The van der Waals surface area contributed by atoms with Crippen molar-refractivity contribution in [3.63, 3.8) is 0 Å². The number of hydrogen-bond acceptors (Lipinski definition) is 4. The smallest absolute Gasteiger partial charge is 0.264 e. The number of carbonyl (C=O) groups is 2. The molecule has 0 bridgehead atoms. The fraction of sp³-hybridized carbons (Fsp3) is 0.278. The largest absolute Gasteiger partial charge is 0.352 e. The molecule has 2 atom stereocenters. The van der Waals surface area contributed by atoms with Gasteiger partial charge in [-0.2, -0.15) is 0 Å². The normalized spacial score (nSPS) is 12.7. The molecule has 4 rings (SSSR count). The maximum absolute atomic E-state index is 14.6. The molecule has 0 aromatic heterocycles. The first-order valence-corrected chi connectivity index (χ1v) is 17.3. The molecule has 0 fully saturated rings. The molecule has 0 radical (unpaired) electrons. The summed E-state index contributed by atoms with van der Waals surface area (Å²) in [5.41, 5.74) is 3.24. The second-order valence-electron chi connectivity index (χ2n) is 11.4. The Labute approximate surface area is 282 Å². The van der Waals surface area contributed by atoms with Crippen LogP contribution in [0.25, 0.3) is 0 Å². The lowest BCUT2D eigenvalue weighted by Gasteiger charge is -2.34. The van der Waals surface area contributed by atoms with E-state index in [1.54, 1.807) is 55.5 Å². The van der Waals surface area contributed by atoms with Gasteiger partial charge < -0.3 is 10.2 Å². The average Bonchev–Trinajstić information content (AvgIpc) is 3.04. The highest BCUT2D eigenvalue weighted by molar-refractivity contribution is 7.92. The molecule has 4 aromatic rings. The number of sulfonamides is 1. The molecule has 2 amide bonds. The lowest BCUT2D eigenvalue weighted by molar-refractivity contribution is -0.140. The molecule has 0 heterocycles. The fourth-order valence-corrected chi connectivity index (χ4v) is 6.84. The zero-order chi connectivity index (χ0) is 33.4. The van der Waals surface area contributed by atoms with E-state index < -0.39 is 28.5 Å². The van der Waals surface area contributed by atoms with Crippen LogP contribution in [-0.4, -0.2) is 43.8 Å². The van der Waals surface area contributed by atoms with Crippen LogP contribution in [0.15, 0.2) is 102 Å². The molecule has 0 saturated heterocycles. The van der Waals surface area contributed by atoms with E-state index in [0.29, 0.717) is 27.6 Å². The number of nitrogens with zero attached hydrogens (tertiary/aromatic N) is 2. The van der Waals surface area contributed by atoms with Gasteiger partial charge in [0.25, 0.3) is 10.0 Å². The summed E-state index contributed by atoms with van der Waals surface area (Å²) < 4.78 is 29.6. The number of rotatable bonds is 13. The Bertz CT molecular complexity index is 1770. The highest BCUT2D eigenvalue weighted by atomic mass is 35.5. The lowest BCUT2D eigenvalue weighted by atomic mass is 10.0. The maximum Gasteiger partial charge on any atom is 0.264 e. The van der Waals surface area contributed by atoms with Gasteiger partial charge in [-0.15, -0.1) is 0 Å². The molecule has 7 nitrogen and oxygen atoms in total. The number of aryl methyl sites for hydroxylation is 2. The van der Waals surface area contributed by atoms with Crippen LogP contribution >= 0.6 is 23.2 Å². The van der Waals surface area contributed by atoms with Crippen LogP contribution in [0.5, 0.6) is 0 Å². The highest BCUT2D eigenvalue weighted by Crippen LogP contribution is 2.30. The van der Waals surface area contributed by atoms with E-state index >= 15 is 0 Å². The van der Waals surface area contributed by atoms with Crippen LogP contribution in [0, 0.1) is 13.8 Å². The molecule has 10 heteroatoms. The molecule has 4 aromatic carbocycles. The summed E-state index contributed by atoms with van der Waals surface area (Å²) in [6.45, 7) is 6.89. The van der Waals surface area contributed by atoms with Crippen molar-refractivity contribution in [2.75, 3.05) is 10.8 Å². The van der Waals surface area contributed by atoms with Gasteiger partial charge in [0.15, 0.2) is 0 Å². The minimum atomic E-state index is -4.25. The monoisotopic (exact) mass is 679 g/mol.